The fourth-order valence-corrected chi connectivity index (χ4v) is 3.50. The van der Waals surface area contributed by atoms with Gasteiger partial charge in [-0.15, -0.1) is 11.6 Å². The second-order valence-corrected chi connectivity index (χ2v) is 6.27. The molecular weight excluding hydrogens is 236 g/mol. The van der Waals surface area contributed by atoms with E-state index in [1.165, 1.54) is 17.9 Å². The van der Waals surface area contributed by atoms with Crippen LogP contribution in [-0.2, 0) is 0 Å². The predicted molar refractivity (Wildman–Crippen MR) is 70.8 cm³/mol. The van der Waals surface area contributed by atoms with E-state index in [1.807, 2.05) is 13.8 Å². The first kappa shape index (κ1) is 13.3. The van der Waals surface area contributed by atoms with Crippen LogP contribution in [0.15, 0.2) is 4.99 Å². The minimum absolute atomic E-state index is 0.136. The third-order valence-corrected chi connectivity index (χ3v) is 4.81. The maximum atomic E-state index is 10.3. The second-order valence-electron chi connectivity index (χ2n) is 5.71. The van der Waals surface area contributed by atoms with Crippen molar-refractivity contribution in [3.63, 3.8) is 0 Å². The molecule has 0 radical (unpaired) electrons. The van der Waals surface area contributed by atoms with Gasteiger partial charge in [0.1, 0.15) is 6.17 Å². The van der Waals surface area contributed by atoms with Crippen molar-refractivity contribution in [3.8, 4) is 0 Å². The fraction of sp³-hybridized carbons (Fsp3) is 0.923. The summed E-state index contributed by atoms with van der Waals surface area (Å²) in [6.07, 6.45) is 5.29. The Hall–Kier alpha value is -0.120. The van der Waals surface area contributed by atoms with Gasteiger partial charge in [0, 0.05) is 17.0 Å². The molecule has 1 saturated carbocycles. The zero-order valence-corrected chi connectivity index (χ0v) is 11.7. The van der Waals surface area contributed by atoms with E-state index in [0.717, 1.165) is 25.0 Å². The summed E-state index contributed by atoms with van der Waals surface area (Å²) in [6, 6.07) is 0. The van der Waals surface area contributed by atoms with Gasteiger partial charge in [-0.1, -0.05) is 19.8 Å². The van der Waals surface area contributed by atoms with Crippen molar-refractivity contribution in [2.24, 2.45) is 10.9 Å². The average molecular weight is 259 g/mol. The Bertz CT molecular complexity index is 317. The van der Waals surface area contributed by atoms with E-state index in [1.54, 1.807) is 0 Å². The van der Waals surface area contributed by atoms with Crippen LogP contribution in [0.1, 0.15) is 52.9 Å². The number of hydrogen-bond donors (Lipinski definition) is 1. The summed E-state index contributed by atoms with van der Waals surface area (Å²) < 4.78 is 0. The van der Waals surface area contributed by atoms with Crippen LogP contribution in [0.3, 0.4) is 0 Å². The van der Waals surface area contributed by atoms with Crippen LogP contribution in [0.2, 0.25) is 0 Å². The van der Waals surface area contributed by atoms with Gasteiger partial charge in [-0.3, -0.25) is 4.99 Å². The third-order valence-electron chi connectivity index (χ3n) is 4.27. The van der Waals surface area contributed by atoms with E-state index in [9.17, 15) is 5.21 Å². The molecule has 2 aliphatic rings. The van der Waals surface area contributed by atoms with Crippen molar-refractivity contribution in [3.05, 3.63) is 0 Å². The minimum Gasteiger partial charge on any atom is -0.311 e. The minimum atomic E-state index is -0.340. The van der Waals surface area contributed by atoms with E-state index >= 15 is 0 Å². The van der Waals surface area contributed by atoms with Gasteiger partial charge >= 0.3 is 0 Å². The Morgan fingerprint density at radius 2 is 2.06 bits per heavy atom. The Labute approximate surface area is 109 Å². The number of nitrogens with zero attached hydrogens (tertiary/aromatic N) is 2. The molecule has 0 aromatic heterocycles. The van der Waals surface area contributed by atoms with Crippen LogP contribution < -0.4 is 0 Å². The van der Waals surface area contributed by atoms with Gasteiger partial charge in [0.2, 0.25) is 0 Å². The highest BCUT2D eigenvalue weighted by atomic mass is 35.5. The summed E-state index contributed by atoms with van der Waals surface area (Å²) in [5.41, 5.74) is 0.743. The quantitative estimate of drug-likeness (QED) is 0.770. The van der Waals surface area contributed by atoms with Crippen LogP contribution in [-0.4, -0.2) is 33.1 Å². The van der Waals surface area contributed by atoms with Gasteiger partial charge in [0.15, 0.2) is 0 Å². The average Bonchev–Trinajstić information content (AvgIpc) is 2.52. The van der Waals surface area contributed by atoms with Crippen molar-refractivity contribution >= 4 is 17.3 Å². The summed E-state index contributed by atoms with van der Waals surface area (Å²) >= 11 is 6.41. The molecule has 98 valence electrons. The number of aliphatic imine (C=N–C) groups is 1. The molecule has 2 unspecified atom stereocenters. The van der Waals surface area contributed by atoms with E-state index in [0.29, 0.717) is 5.92 Å². The summed E-state index contributed by atoms with van der Waals surface area (Å²) in [7, 11) is 0. The first-order chi connectivity index (χ1) is 7.98. The van der Waals surface area contributed by atoms with E-state index < -0.39 is 0 Å². The van der Waals surface area contributed by atoms with Crippen molar-refractivity contribution < 1.29 is 5.21 Å². The highest BCUT2D eigenvalue weighted by molar-refractivity contribution is 6.20. The molecule has 0 bridgehead atoms. The fourth-order valence-electron chi connectivity index (χ4n) is 3.09. The van der Waals surface area contributed by atoms with Gasteiger partial charge in [0.05, 0.1) is 5.54 Å². The SMILES string of the molecule is CCC1=N[C@@H](C2CCCCC2Cl)N(O)C1(C)C. The van der Waals surface area contributed by atoms with Crippen molar-refractivity contribution in [2.75, 3.05) is 0 Å². The largest absolute Gasteiger partial charge is 0.311 e. The summed E-state index contributed by atoms with van der Waals surface area (Å²) in [6.45, 7) is 6.15. The Balaban J connectivity index is 2.19. The molecule has 1 heterocycles. The van der Waals surface area contributed by atoms with Crippen LogP contribution >= 0.6 is 11.6 Å². The van der Waals surface area contributed by atoms with Crippen molar-refractivity contribution in [1.29, 1.82) is 0 Å². The molecule has 0 spiro atoms. The molecule has 0 aromatic rings. The molecule has 1 aliphatic carbocycles. The lowest BCUT2D eigenvalue weighted by molar-refractivity contribution is -0.172. The van der Waals surface area contributed by atoms with Crippen LogP contribution in [0.5, 0.6) is 0 Å². The number of alkyl halides is 1. The maximum Gasteiger partial charge on any atom is 0.130 e. The molecular formula is C13H23ClN2O. The summed E-state index contributed by atoms with van der Waals surface area (Å²) in [5, 5.41) is 11.9. The van der Waals surface area contributed by atoms with Gasteiger partial charge in [-0.2, -0.15) is 5.06 Å². The normalized spacial score (nSPS) is 38.2. The van der Waals surface area contributed by atoms with Gasteiger partial charge in [0.25, 0.3) is 0 Å². The highest BCUT2D eigenvalue weighted by Gasteiger charge is 2.46. The molecule has 1 fully saturated rings. The van der Waals surface area contributed by atoms with Crippen LogP contribution in [0.25, 0.3) is 0 Å². The second kappa shape index (κ2) is 4.87. The molecule has 1 N–H and O–H groups in total. The van der Waals surface area contributed by atoms with Gasteiger partial charge in [-0.05, 0) is 33.1 Å². The lowest BCUT2D eigenvalue weighted by Crippen LogP contribution is -2.49. The topological polar surface area (TPSA) is 35.8 Å². The molecule has 3 atom stereocenters. The van der Waals surface area contributed by atoms with E-state index in [4.69, 9.17) is 16.6 Å². The van der Waals surface area contributed by atoms with Crippen molar-refractivity contribution in [1.82, 2.24) is 5.06 Å². The summed E-state index contributed by atoms with van der Waals surface area (Å²) in [5.74, 6) is 0.291. The lowest BCUT2D eigenvalue weighted by Gasteiger charge is -2.36. The molecule has 1 aliphatic heterocycles. The van der Waals surface area contributed by atoms with Gasteiger partial charge in [-0.25, -0.2) is 0 Å². The highest BCUT2D eigenvalue weighted by Crippen LogP contribution is 2.39. The third kappa shape index (κ3) is 2.25. The maximum absolute atomic E-state index is 10.3. The molecule has 17 heavy (non-hydrogen) atoms. The molecule has 0 aromatic carbocycles. The van der Waals surface area contributed by atoms with Crippen LogP contribution in [0, 0.1) is 5.92 Å². The first-order valence-corrected chi connectivity index (χ1v) is 7.11. The Morgan fingerprint density at radius 3 is 2.59 bits per heavy atom. The van der Waals surface area contributed by atoms with E-state index in [2.05, 4.69) is 6.92 Å². The molecule has 0 saturated heterocycles. The predicted octanol–water partition coefficient (Wildman–Crippen LogP) is 3.44. The molecule has 0 amide bonds. The van der Waals surface area contributed by atoms with Crippen molar-refractivity contribution in [2.45, 2.75) is 70.0 Å². The zero-order valence-electron chi connectivity index (χ0n) is 11.0. The number of hydroxylamine groups is 2. The number of hydrogen-bond acceptors (Lipinski definition) is 3. The molecule has 3 nitrogen and oxygen atoms in total. The first-order valence-electron chi connectivity index (χ1n) is 6.68. The Kier molecular flexibility index (Phi) is 3.81. The Morgan fingerprint density at radius 1 is 1.41 bits per heavy atom. The monoisotopic (exact) mass is 258 g/mol. The smallest absolute Gasteiger partial charge is 0.130 e. The lowest BCUT2D eigenvalue weighted by atomic mass is 9.86. The molecule has 4 heteroatoms. The zero-order chi connectivity index (χ0) is 12.6. The molecule has 2 rings (SSSR count). The van der Waals surface area contributed by atoms with Crippen LogP contribution in [0.4, 0.5) is 0 Å². The summed E-state index contributed by atoms with van der Waals surface area (Å²) in [4.78, 5) is 4.72. The van der Waals surface area contributed by atoms with Gasteiger partial charge < -0.3 is 5.21 Å². The number of rotatable bonds is 2. The van der Waals surface area contributed by atoms with E-state index in [-0.39, 0.29) is 17.1 Å². The standard InChI is InChI=1S/C13H23ClN2O/c1-4-11-13(2,3)16(17)12(15-11)9-7-5-6-8-10(9)14/h9-10,12,17H,4-8H2,1-3H3/t9?,10?,12-/m1/s1. The number of halogens is 1.